The smallest absolute Gasteiger partial charge is 0.0835 e. The molecule has 18 heavy (non-hydrogen) atoms. The first-order chi connectivity index (χ1) is 8.73. The van der Waals surface area contributed by atoms with Gasteiger partial charge in [0.05, 0.1) is 5.60 Å². The summed E-state index contributed by atoms with van der Waals surface area (Å²) in [6.45, 7) is 5.26. The minimum absolute atomic E-state index is 0.0180. The number of rotatable bonds is 5. The average Bonchev–Trinajstić information content (AvgIpc) is 2.88. The average molecular weight is 253 g/mol. The van der Waals surface area contributed by atoms with Crippen LogP contribution in [0.1, 0.15) is 71.6 Å². The Morgan fingerprint density at radius 1 is 1.11 bits per heavy atom. The predicted octanol–water partition coefficient (Wildman–Crippen LogP) is 3.88. The maximum atomic E-state index is 6.72. The largest absolute Gasteiger partial charge is 0.374 e. The number of hydrogen-bond donors (Lipinski definition) is 1. The third kappa shape index (κ3) is 2.75. The molecule has 0 radical (unpaired) electrons. The third-order valence-corrected chi connectivity index (χ3v) is 5.44. The maximum Gasteiger partial charge on any atom is 0.0835 e. The summed E-state index contributed by atoms with van der Waals surface area (Å²) in [5, 5.41) is 0. The van der Waals surface area contributed by atoms with Crippen LogP contribution in [0.2, 0.25) is 0 Å². The van der Waals surface area contributed by atoms with Gasteiger partial charge in [-0.15, -0.1) is 0 Å². The van der Waals surface area contributed by atoms with Crippen molar-refractivity contribution in [3.05, 3.63) is 0 Å². The van der Waals surface area contributed by atoms with Gasteiger partial charge in [-0.3, -0.25) is 0 Å². The second kappa shape index (κ2) is 6.38. The summed E-state index contributed by atoms with van der Waals surface area (Å²) < 4.78 is 6.17. The summed E-state index contributed by atoms with van der Waals surface area (Å²) in [7, 11) is 0. The molecule has 3 atom stereocenters. The molecule has 0 aromatic heterocycles. The Morgan fingerprint density at radius 2 is 1.78 bits per heavy atom. The maximum absolute atomic E-state index is 6.72. The van der Waals surface area contributed by atoms with Gasteiger partial charge < -0.3 is 10.5 Å². The third-order valence-electron chi connectivity index (χ3n) is 5.44. The van der Waals surface area contributed by atoms with Gasteiger partial charge in [-0.25, -0.2) is 0 Å². The monoisotopic (exact) mass is 253 g/mol. The van der Waals surface area contributed by atoms with Crippen molar-refractivity contribution in [3.63, 3.8) is 0 Å². The molecule has 0 amide bonds. The van der Waals surface area contributed by atoms with Crippen molar-refractivity contribution >= 4 is 0 Å². The minimum atomic E-state index is 0.0180. The predicted molar refractivity (Wildman–Crippen MR) is 76.5 cm³/mol. The van der Waals surface area contributed by atoms with Crippen molar-refractivity contribution in [2.45, 2.75) is 83.3 Å². The van der Waals surface area contributed by atoms with E-state index in [1.807, 2.05) is 0 Å². The van der Waals surface area contributed by atoms with E-state index in [1.165, 1.54) is 57.8 Å². The van der Waals surface area contributed by atoms with Gasteiger partial charge in [0.1, 0.15) is 0 Å². The van der Waals surface area contributed by atoms with E-state index in [0.717, 1.165) is 12.5 Å². The van der Waals surface area contributed by atoms with Crippen LogP contribution in [0.5, 0.6) is 0 Å². The van der Waals surface area contributed by atoms with E-state index in [2.05, 4.69) is 13.8 Å². The quantitative estimate of drug-likeness (QED) is 0.807. The molecule has 2 rings (SSSR count). The highest BCUT2D eigenvalue weighted by Gasteiger charge is 2.45. The van der Waals surface area contributed by atoms with Crippen LogP contribution in [0.15, 0.2) is 0 Å². The minimum Gasteiger partial charge on any atom is -0.374 e. The standard InChI is InChI=1S/C16H31NO/c1-3-13-9-5-6-10-14(13)15(17)16(18-4-2)11-7-8-12-16/h13-15H,3-12,17H2,1-2H3. The van der Waals surface area contributed by atoms with Crippen molar-refractivity contribution in [1.29, 1.82) is 0 Å². The fraction of sp³-hybridized carbons (Fsp3) is 1.00. The van der Waals surface area contributed by atoms with Crippen molar-refractivity contribution in [1.82, 2.24) is 0 Å². The molecule has 0 aromatic rings. The normalized spacial score (nSPS) is 33.5. The second-order valence-electron chi connectivity index (χ2n) is 6.35. The highest BCUT2D eigenvalue weighted by Crippen LogP contribution is 2.43. The molecule has 2 aliphatic carbocycles. The highest BCUT2D eigenvalue weighted by atomic mass is 16.5. The van der Waals surface area contributed by atoms with E-state index < -0.39 is 0 Å². The molecule has 2 heteroatoms. The van der Waals surface area contributed by atoms with Crippen LogP contribution in [-0.4, -0.2) is 18.2 Å². The Balaban J connectivity index is 2.08. The van der Waals surface area contributed by atoms with E-state index in [9.17, 15) is 0 Å². The van der Waals surface area contributed by atoms with Gasteiger partial charge in [-0.05, 0) is 38.0 Å². The molecule has 106 valence electrons. The molecular weight excluding hydrogens is 222 g/mol. The SMILES string of the molecule is CCOC1(C(N)C2CCCCC2CC)CCCC1. The first-order valence-electron chi connectivity index (χ1n) is 8.13. The van der Waals surface area contributed by atoms with Crippen LogP contribution in [0.4, 0.5) is 0 Å². The molecule has 2 saturated carbocycles. The van der Waals surface area contributed by atoms with E-state index in [1.54, 1.807) is 0 Å². The molecule has 0 heterocycles. The molecule has 2 N–H and O–H groups in total. The molecule has 0 saturated heterocycles. The highest BCUT2D eigenvalue weighted by molar-refractivity contribution is 5.00. The zero-order valence-electron chi connectivity index (χ0n) is 12.3. The molecule has 0 aromatic carbocycles. The van der Waals surface area contributed by atoms with Crippen LogP contribution >= 0.6 is 0 Å². The second-order valence-corrected chi connectivity index (χ2v) is 6.35. The molecule has 2 fully saturated rings. The van der Waals surface area contributed by atoms with E-state index in [4.69, 9.17) is 10.5 Å². The summed E-state index contributed by atoms with van der Waals surface area (Å²) in [6.07, 6.45) is 11.8. The Kier molecular flexibility index (Phi) is 5.08. The number of nitrogens with two attached hydrogens (primary N) is 1. The van der Waals surface area contributed by atoms with Crippen LogP contribution in [0, 0.1) is 11.8 Å². The Labute approximate surface area is 113 Å². The molecule has 2 nitrogen and oxygen atoms in total. The zero-order valence-corrected chi connectivity index (χ0v) is 12.3. The van der Waals surface area contributed by atoms with E-state index >= 15 is 0 Å². The summed E-state index contributed by atoms with van der Waals surface area (Å²) in [5.41, 5.74) is 6.73. The summed E-state index contributed by atoms with van der Waals surface area (Å²) in [5.74, 6) is 1.54. The molecular formula is C16H31NO. The van der Waals surface area contributed by atoms with E-state index in [-0.39, 0.29) is 11.6 Å². The van der Waals surface area contributed by atoms with Crippen molar-refractivity contribution < 1.29 is 4.74 Å². The molecule has 2 aliphatic rings. The van der Waals surface area contributed by atoms with Crippen LogP contribution in [0.3, 0.4) is 0 Å². The van der Waals surface area contributed by atoms with Crippen LogP contribution < -0.4 is 5.73 Å². The molecule has 0 bridgehead atoms. The molecule has 0 aliphatic heterocycles. The Bertz CT molecular complexity index is 247. The van der Waals surface area contributed by atoms with Gasteiger partial charge in [0.15, 0.2) is 0 Å². The summed E-state index contributed by atoms with van der Waals surface area (Å²) in [4.78, 5) is 0. The Hall–Kier alpha value is -0.0800. The molecule has 0 spiro atoms. The van der Waals surface area contributed by atoms with Crippen molar-refractivity contribution in [2.24, 2.45) is 17.6 Å². The number of hydrogen-bond acceptors (Lipinski definition) is 2. The van der Waals surface area contributed by atoms with Crippen molar-refractivity contribution in [3.8, 4) is 0 Å². The van der Waals surface area contributed by atoms with Crippen molar-refractivity contribution in [2.75, 3.05) is 6.61 Å². The number of ether oxygens (including phenoxy) is 1. The lowest BCUT2D eigenvalue weighted by Crippen LogP contribution is -2.54. The topological polar surface area (TPSA) is 35.2 Å². The lowest BCUT2D eigenvalue weighted by Gasteiger charge is -2.44. The summed E-state index contributed by atoms with van der Waals surface area (Å²) >= 11 is 0. The first kappa shape index (κ1) is 14.3. The van der Waals surface area contributed by atoms with Gasteiger partial charge in [-0.1, -0.05) is 45.4 Å². The zero-order chi connectivity index (χ0) is 13.0. The fourth-order valence-corrected chi connectivity index (χ4v) is 4.44. The van der Waals surface area contributed by atoms with Crippen LogP contribution in [-0.2, 0) is 4.74 Å². The van der Waals surface area contributed by atoms with Gasteiger partial charge in [0.25, 0.3) is 0 Å². The van der Waals surface area contributed by atoms with Crippen LogP contribution in [0.25, 0.3) is 0 Å². The molecule has 3 unspecified atom stereocenters. The van der Waals surface area contributed by atoms with Gasteiger partial charge in [0.2, 0.25) is 0 Å². The Morgan fingerprint density at radius 3 is 2.39 bits per heavy atom. The van der Waals surface area contributed by atoms with Gasteiger partial charge in [0, 0.05) is 12.6 Å². The summed E-state index contributed by atoms with van der Waals surface area (Å²) in [6, 6.07) is 0.269. The van der Waals surface area contributed by atoms with E-state index in [0.29, 0.717) is 5.92 Å². The van der Waals surface area contributed by atoms with Gasteiger partial charge in [-0.2, -0.15) is 0 Å². The first-order valence-corrected chi connectivity index (χ1v) is 8.13. The fourth-order valence-electron chi connectivity index (χ4n) is 4.44. The van der Waals surface area contributed by atoms with Gasteiger partial charge >= 0.3 is 0 Å². The lowest BCUT2D eigenvalue weighted by molar-refractivity contribution is -0.0757. The lowest BCUT2D eigenvalue weighted by atomic mass is 9.69.